The topological polar surface area (TPSA) is 67.4 Å². The average Bonchev–Trinajstić information content (AvgIpc) is 2.60. The van der Waals surface area contributed by atoms with Gasteiger partial charge in [0.1, 0.15) is 0 Å². The molecule has 5 nitrogen and oxygen atoms in total. The molecule has 2 atom stereocenters. The molecule has 0 aromatic heterocycles. The number of halogens is 1. The van der Waals surface area contributed by atoms with Crippen molar-refractivity contribution in [3.63, 3.8) is 0 Å². The van der Waals surface area contributed by atoms with Gasteiger partial charge in [0.15, 0.2) is 0 Å². The van der Waals surface area contributed by atoms with Gasteiger partial charge in [0.05, 0.1) is 18.6 Å². The summed E-state index contributed by atoms with van der Waals surface area (Å²) in [6, 6.07) is 9.67. The molecule has 0 bridgehead atoms. The molecule has 2 rings (SSSR count). The molecule has 1 fully saturated rings. The van der Waals surface area contributed by atoms with Crippen molar-refractivity contribution in [1.29, 1.82) is 0 Å². The van der Waals surface area contributed by atoms with Crippen molar-refractivity contribution >= 4 is 24.3 Å². The second kappa shape index (κ2) is 11.0. The minimum atomic E-state index is -0.357. The zero-order valence-corrected chi connectivity index (χ0v) is 14.9. The summed E-state index contributed by atoms with van der Waals surface area (Å²) in [5.74, 6) is -0.634. The fraction of sp³-hybridized carbons (Fsp3) is 0.556. The third-order valence-electron chi connectivity index (χ3n) is 4.09. The smallest absolute Gasteiger partial charge is 0.311 e. The van der Waals surface area contributed by atoms with Gasteiger partial charge in [0, 0.05) is 6.54 Å². The van der Waals surface area contributed by atoms with Crippen molar-refractivity contribution in [1.82, 2.24) is 10.6 Å². The summed E-state index contributed by atoms with van der Waals surface area (Å²) in [7, 11) is 0. The van der Waals surface area contributed by atoms with Crippen LogP contribution < -0.4 is 10.6 Å². The van der Waals surface area contributed by atoms with Gasteiger partial charge in [-0.2, -0.15) is 0 Å². The number of ether oxygens (including phenoxy) is 1. The highest BCUT2D eigenvalue weighted by atomic mass is 35.5. The van der Waals surface area contributed by atoms with E-state index in [1.165, 1.54) is 0 Å². The molecular formula is C18H27ClN2O3. The third kappa shape index (κ3) is 6.49. The highest BCUT2D eigenvalue weighted by Gasteiger charge is 2.24. The Kier molecular flexibility index (Phi) is 9.42. The lowest BCUT2D eigenvalue weighted by Crippen LogP contribution is -2.48. The Labute approximate surface area is 149 Å². The van der Waals surface area contributed by atoms with Crippen LogP contribution >= 0.6 is 12.4 Å². The molecule has 0 spiro atoms. The zero-order valence-electron chi connectivity index (χ0n) is 14.1. The monoisotopic (exact) mass is 354 g/mol. The Hall–Kier alpha value is -1.59. The second-order valence-electron chi connectivity index (χ2n) is 5.89. The third-order valence-corrected chi connectivity index (χ3v) is 4.09. The lowest BCUT2D eigenvalue weighted by Gasteiger charge is -2.24. The fourth-order valence-electron chi connectivity index (χ4n) is 2.82. The summed E-state index contributed by atoms with van der Waals surface area (Å²) in [6.07, 6.45) is 3.60. The molecule has 1 aromatic rings. The Morgan fingerprint density at radius 3 is 2.67 bits per heavy atom. The molecule has 1 aromatic carbocycles. The molecule has 1 aliphatic rings. The van der Waals surface area contributed by atoms with E-state index in [0.29, 0.717) is 19.6 Å². The molecular weight excluding hydrogens is 328 g/mol. The summed E-state index contributed by atoms with van der Waals surface area (Å²) in [6.45, 7) is 3.33. The number of nitrogens with one attached hydrogen (secondary N) is 2. The van der Waals surface area contributed by atoms with Gasteiger partial charge in [-0.3, -0.25) is 9.59 Å². The SMILES string of the molecule is CCOC(=O)C(CNC(=O)C1CCCCN1)Cc1ccccc1.Cl. The predicted octanol–water partition coefficient (Wildman–Crippen LogP) is 2.09. The summed E-state index contributed by atoms with van der Waals surface area (Å²) in [4.78, 5) is 24.4. The first-order chi connectivity index (χ1) is 11.2. The van der Waals surface area contributed by atoms with E-state index in [9.17, 15) is 9.59 Å². The van der Waals surface area contributed by atoms with Crippen molar-refractivity contribution in [2.75, 3.05) is 19.7 Å². The molecule has 0 saturated carbocycles. The van der Waals surface area contributed by atoms with Gasteiger partial charge >= 0.3 is 5.97 Å². The predicted molar refractivity (Wildman–Crippen MR) is 96.2 cm³/mol. The van der Waals surface area contributed by atoms with Crippen LogP contribution in [0.15, 0.2) is 30.3 Å². The van der Waals surface area contributed by atoms with E-state index in [1.807, 2.05) is 30.3 Å². The quantitative estimate of drug-likeness (QED) is 0.736. The van der Waals surface area contributed by atoms with Crippen LogP contribution in [0.1, 0.15) is 31.7 Å². The van der Waals surface area contributed by atoms with E-state index in [-0.39, 0.29) is 36.2 Å². The number of carbonyl (C=O) groups is 2. The molecule has 2 N–H and O–H groups in total. The number of rotatable bonds is 7. The molecule has 1 amide bonds. The number of hydrogen-bond donors (Lipinski definition) is 2. The summed E-state index contributed by atoms with van der Waals surface area (Å²) < 4.78 is 5.15. The summed E-state index contributed by atoms with van der Waals surface area (Å²) in [5, 5.41) is 6.13. The fourth-order valence-corrected chi connectivity index (χ4v) is 2.82. The van der Waals surface area contributed by atoms with Crippen LogP contribution in [0.3, 0.4) is 0 Å². The molecule has 1 aliphatic heterocycles. The molecule has 2 unspecified atom stereocenters. The first-order valence-electron chi connectivity index (χ1n) is 8.42. The van der Waals surface area contributed by atoms with E-state index in [1.54, 1.807) is 6.92 Å². The van der Waals surface area contributed by atoms with Crippen LogP contribution in [-0.2, 0) is 20.7 Å². The molecule has 1 heterocycles. The van der Waals surface area contributed by atoms with Crippen LogP contribution in [-0.4, -0.2) is 37.6 Å². The van der Waals surface area contributed by atoms with Gasteiger partial charge in [-0.15, -0.1) is 12.4 Å². The maximum absolute atomic E-state index is 12.2. The normalized spacial score (nSPS) is 18.1. The number of carbonyl (C=O) groups excluding carboxylic acids is 2. The van der Waals surface area contributed by atoms with Gasteiger partial charge < -0.3 is 15.4 Å². The van der Waals surface area contributed by atoms with Crippen LogP contribution in [0.5, 0.6) is 0 Å². The van der Waals surface area contributed by atoms with E-state index < -0.39 is 0 Å². The van der Waals surface area contributed by atoms with Crippen molar-refractivity contribution in [3.05, 3.63) is 35.9 Å². The van der Waals surface area contributed by atoms with Gasteiger partial charge in [-0.1, -0.05) is 36.8 Å². The van der Waals surface area contributed by atoms with Crippen LogP contribution in [0.2, 0.25) is 0 Å². The van der Waals surface area contributed by atoms with E-state index in [0.717, 1.165) is 31.4 Å². The largest absolute Gasteiger partial charge is 0.466 e. The summed E-state index contributed by atoms with van der Waals surface area (Å²) >= 11 is 0. The minimum Gasteiger partial charge on any atom is -0.466 e. The Morgan fingerprint density at radius 1 is 1.29 bits per heavy atom. The average molecular weight is 355 g/mol. The lowest BCUT2D eigenvalue weighted by atomic mass is 9.98. The van der Waals surface area contributed by atoms with E-state index in [4.69, 9.17) is 4.74 Å². The van der Waals surface area contributed by atoms with Crippen molar-refractivity contribution in [2.24, 2.45) is 5.92 Å². The van der Waals surface area contributed by atoms with Gasteiger partial charge in [-0.25, -0.2) is 0 Å². The van der Waals surface area contributed by atoms with Crippen molar-refractivity contribution < 1.29 is 14.3 Å². The van der Waals surface area contributed by atoms with Gasteiger partial charge in [-0.05, 0) is 38.3 Å². The number of amides is 1. The first-order valence-corrected chi connectivity index (χ1v) is 8.42. The Morgan fingerprint density at radius 2 is 2.04 bits per heavy atom. The van der Waals surface area contributed by atoms with E-state index >= 15 is 0 Å². The highest BCUT2D eigenvalue weighted by molar-refractivity contribution is 5.85. The standard InChI is InChI=1S/C18H26N2O3.ClH/c1-2-23-18(22)15(12-14-8-4-3-5-9-14)13-20-17(21)16-10-6-7-11-19-16;/h3-5,8-9,15-16,19H,2,6-7,10-13H2,1H3,(H,20,21);1H. The van der Waals surface area contributed by atoms with Crippen LogP contribution in [0.4, 0.5) is 0 Å². The molecule has 0 aliphatic carbocycles. The van der Waals surface area contributed by atoms with Crippen LogP contribution in [0.25, 0.3) is 0 Å². The number of hydrogen-bond acceptors (Lipinski definition) is 4. The van der Waals surface area contributed by atoms with Crippen molar-refractivity contribution in [3.8, 4) is 0 Å². The van der Waals surface area contributed by atoms with Gasteiger partial charge in [0.2, 0.25) is 5.91 Å². The molecule has 0 radical (unpaired) electrons. The second-order valence-corrected chi connectivity index (χ2v) is 5.89. The number of piperidine rings is 1. The first kappa shape index (κ1) is 20.5. The number of esters is 1. The Balaban J connectivity index is 0.00000288. The summed E-state index contributed by atoms with van der Waals surface area (Å²) in [5.41, 5.74) is 1.07. The van der Waals surface area contributed by atoms with E-state index in [2.05, 4.69) is 10.6 Å². The Bertz CT molecular complexity index is 504. The minimum absolute atomic E-state index is 0. The van der Waals surface area contributed by atoms with Crippen molar-refractivity contribution in [2.45, 2.75) is 38.6 Å². The molecule has 6 heteroatoms. The molecule has 24 heavy (non-hydrogen) atoms. The number of benzene rings is 1. The van der Waals surface area contributed by atoms with Gasteiger partial charge in [0.25, 0.3) is 0 Å². The lowest BCUT2D eigenvalue weighted by molar-refractivity contribution is -0.147. The molecule has 134 valence electrons. The van der Waals surface area contributed by atoms with Crippen LogP contribution in [0, 0.1) is 5.92 Å². The highest BCUT2D eigenvalue weighted by Crippen LogP contribution is 2.11. The zero-order chi connectivity index (χ0) is 16.5. The molecule has 1 saturated heterocycles. The maximum Gasteiger partial charge on any atom is 0.311 e. The maximum atomic E-state index is 12.2.